The SMILES string of the molecule is CC1=C[C]2OC3C=C(C)C(C)=CC3=C2C=C1.[OH].[OH]. The number of allylic oxidation sites excluding steroid dienone is 4. The fourth-order valence-corrected chi connectivity index (χ4v) is 2.31. The highest BCUT2D eigenvalue weighted by Crippen LogP contribution is 2.41. The van der Waals surface area contributed by atoms with Gasteiger partial charge in [-0.05, 0) is 55.2 Å². The molecule has 0 fully saturated rings. The van der Waals surface area contributed by atoms with E-state index >= 15 is 0 Å². The van der Waals surface area contributed by atoms with E-state index in [0.29, 0.717) is 0 Å². The van der Waals surface area contributed by atoms with Crippen LogP contribution in [0, 0.1) is 6.10 Å². The van der Waals surface area contributed by atoms with Gasteiger partial charge in [0.2, 0.25) is 0 Å². The Balaban J connectivity index is 0.000000810. The lowest BCUT2D eigenvalue weighted by atomic mass is 9.90. The zero-order valence-electron chi connectivity index (χ0n) is 10.8. The molecule has 2 aliphatic carbocycles. The molecule has 3 nitrogen and oxygen atoms in total. The maximum atomic E-state index is 5.95. The van der Waals surface area contributed by atoms with Crippen LogP contribution in [0.5, 0.6) is 0 Å². The Labute approximate surface area is 107 Å². The van der Waals surface area contributed by atoms with Crippen molar-refractivity contribution in [3.05, 3.63) is 64.3 Å². The largest absolute Gasteiger partial charge is 0.350 e. The maximum Gasteiger partial charge on any atom is 0.150 e. The molecule has 1 heterocycles. The summed E-state index contributed by atoms with van der Waals surface area (Å²) in [6.07, 6.45) is 12.0. The lowest BCUT2D eigenvalue weighted by Gasteiger charge is -2.16. The van der Waals surface area contributed by atoms with Gasteiger partial charge in [-0.3, -0.25) is 11.0 Å². The van der Waals surface area contributed by atoms with E-state index in [-0.39, 0.29) is 17.1 Å². The zero-order chi connectivity index (χ0) is 11.3. The number of hydrogen-bond donors (Lipinski definition) is 2. The third kappa shape index (κ3) is 2.12. The quantitative estimate of drug-likeness (QED) is 0.675. The van der Waals surface area contributed by atoms with Gasteiger partial charge in [0.15, 0.2) is 6.10 Å². The first-order valence-corrected chi connectivity index (χ1v) is 5.67. The molecule has 3 aliphatic rings. The Morgan fingerprint density at radius 3 is 2.39 bits per heavy atom. The second-order valence-electron chi connectivity index (χ2n) is 4.67. The van der Waals surface area contributed by atoms with E-state index in [1.165, 1.54) is 27.9 Å². The minimum absolute atomic E-state index is 0. The third-order valence-corrected chi connectivity index (χ3v) is 3.40. The standard InChI is InChI=1S/C15H15O.2HO/c1-9-4-5-12-13-7-10(2)11(3)8-15(13)16-14(12)6-9;;/h4-8,15H,1-3H3;2*1H. The molecule has 1 unspecified atom stereocenters. The first-order valence-electron chi connectivity index (χ1n) is 5.67. The van der Waals surface area contributed by atoms with Crippen LogP contribution in [0.2, 0.25) is 0 Å². The molecule has 3 heteroatoms. The molecule has 0 aromatic rings. The molecule has 0 bridgehead atoms. The van der Waals surface area contributed by atoms with E-state index in [2.05, 4.69) is 51.2 Å². The monoisotopic (exact) mass is 245 g/mol. The van der Waals surface area contributed by atoms with Crippen LogP contribution in [-0.2, 0) is 4.74 Å². The highest BCUT2D eigenvalue weighted by molar-refractivity contribution is 5.60. The van der Waals surface area contributed by atoms with Crippen molar-refractivity contribution in [2.75, 3.05) is 0 Å². The van der Waals surface area contributed by atoms with Crippen molar-refractivity contribution < 1.29 is 15.7 Å². The van der Waals surface area contributed by atoms with Gasteiger partial charge in [0.25, 0.3) is 0 Å². The Kier molecular flexibility index (Phi) is 4.12. The van der Waals surface area contributed by atoms with Gasteiger partial charge in [-0.25, -0.2) is 0 Å². The van der Waals surface area contributed by atoms with Crippen LogP contribution in [0.1, 0.15) is 20.8 Å². The normalized spacial score (nSPS) is 25.3. The summed E-state index contributed by atoms with van der Waals surface area (Å²) in [5.74, 6) is 0. The lowest BCUT2D eigenvalue weighted by Crippen LogP contribution is -2.10. The molecule has 3 radical (unpaired) electrons. The summed E-state index contributed by atoms with van der Waals surface area (Å²) < 4.78 is 5.95. The van der Waals surface area contributed by atoms with Gasteiger partial charge >= 0.3 is 0 Å². The minimum Gasteiger partial charge on any atom is -0.350 e. The molecule has 1 aliphatic heterocycles. The Hall–Kier alpha value is -1.42. The number of ether oxygens (including phenoxy) is 1. The molecule has 3 rings (SSSR count). The predicted molar refractivity (Wildman–Crippen MR) is 69.4 cm³/mol. The molecule has 0 aromatic carbocycles. The van der Waals surface area contributed by atoms with Crippen LogP contribution in [0.25, 0.3) is 0 Å². The molecule has 0 spiro atoms. The van der Waals surface area contributed by atoms with Gasteiger partial charge in [-0.1, -0.05) is 23.8 Å². The first kappa shape index (κ1) is 14.6. The maximum absolute atomic E-state index is 5.95. The minimum atomic E-state index is 0. The van der Waals surface area contributed by atoms with Crippen molar-refractivity contribution in [2.45, 2.75) is 26.9 Å². The topological polar surface area (TPSA) is 69.2 Å². The highest BCUT2D eigenvalue weighted by atomic mass is 16.5. The summed E-state index contributed by atoms with van der Waals surface area (Å²) in [5.41, 5.74) is 6.46. The second-order valence-corrected chi connectivity index (χ2v) is 4.67. The average Bonchev–Trinajstić information content (AvgIpc) is 2.55. The van der Waals surface area contributed by atoms with Gasteiger partial charge in [-0.15, -0.1) is 0 Å². The summed E-state index contributed by atoms with van der Waals surface area (Å²) in [6.45, 7) is 6.39. The van der Waals surface area contributed by atoms with Crippen molar-refractivity contribution in [2.24, 2.45) is 0 Å². The predicted octanol–water partition coefficient (Wildman–Crippen LogP) is 3.28. The molecule has 0 saturated carbocycles. The van der Waals surface area contributed by atoms with Crippen LogP contribution < -0.4 is 0 Å². The molecular formula is C15H17O3. The summed E-state index contributed by atoms with van der Waals surface area (Å²) in [7, 11) is 0. The molecule has 18 heavy (non-hydrogen) atoms. The van der Waals surface area contributed by atoms with Crippen LogP contribution >= 0.6 is 0 Å². The van der Waals surface area contributed by atoms with Gasteiger partial charge in [0.1, 0.15) is 6.10 Å². The van der Waals surface area contributed by atoms with Gasteiger partial charge in [-0.2, -0.15) is 0 Å². The lowest BCUT2D eigenvalue weighted by molar-refractivity contribution is 0.174. The van der Waals surface area contributed by atoms with Gasteiger partial charge in [0.05, 0.1) is 0 Å². The molecule has 0 aromatic heterocycles. The van der Waals surface area contributed by atoms with E-state index in [1.54, 1.807) is 0 Å². The molecule has 2 N–H and O–H groups in total. The second kappa shape index (κ2) is 5.06. The van der Waals surface area contributed by atoms with E-state index in [1.807, 2.05) is 0 Å². The Bertz CT molecular complexity index is 504. The van der Waals surface area contributed by atoms with Crippen molar-refractivity contribution in [1.82, 2.24) is 0 Å². The number of rotatable bonds is 0. The van der Waals surface area contributed by atoms with Gasteiger partial charge < -0.3 is 4.74 Å². The van der Waals surface area contributed by atoms with Crippen LogP contribution in [0.15, 0.2) is 58.2 Å². The van der Waals surface area contributed by atoms with E-state index in [4.69, 9.17) is 4.74 Å². The Morgan fingerprint density at radius 2 is 1.67 bits per heavy atom. The number of hydrogen-bond acceptors (Lipinski definition) is 1. The molecule has 95 valence electrons. The fraction of sp³-hybridized carbons (Fsp3) is 0.267. The van der Waals surface area contributed by atoms with Crippen LogP contribution in [-0.4, -0.2) is 17.1 Å². The van der Waals surface area contributed by atoms with Crippen LogP contribution in [0.3, 0.4) is 0 Å². The molecule has 0 amide bonds. The van der Waals surface area contributed by atoms with E-state index in [0.717, 1.165) is 6.10 Å². The molecule has 1 atom stereocenters. The number of fused-ring (bicyclic) bond motifs is 2. The zero-order valence-corrected chi connectivity index (χ0v) is 10.8. The van der Waals surface area contributed by atoms with Crippen molar-refractivity contribution in [3.8, 4) is 0 Å². The summed E-state index contributed by atoms with van der Waals surface area (Å²) in [6, 6.07) is 0. The van der Waals surface area contributed by atoms with Crippen molar-refractivity contribution in [3.63, 3.8) is 0 Å². The smallest absolute Gasteiger partial charge is 0.150 e. The highest BCUT2D eigenvalue weighted by Gasteiger charge is 2.33. The van der Waals surface area contributed by atoms with Crippen LogP contribution in [0.4, 0.5) is 0 Å². The fourth-order valence-electron chi connectivity index (χ4n) is 2.31. The van der Waals surface area contributed by atoms with Crippen molar-refractivity contribution >= 4 is 0 Å². The van der Waals surface area contributed by atoms with Crippen molar-refractivity contribution in [1.29, 1.82) is 0 Å². The molecule has 0 saturated heterocycles. The summed E-state index contributed by atoms with van der Waals surface area (Å²) in [5, 5.41) is 0. The van der Waals surface area contributed by atoms with E-state index < -0.39 is 0 Å². The summed E-state index contributed by atoms with van der Waals surface area (Å²) >= 11 is 0. The summed E-state index contributed by atoms with van der Waals surface area (Å²) in [4.78, 5) is 0. The average molecular weight is 245 g/mol. The first-order chi connectivity index (χ1) is 7.65. The molecular weight excluding hydrogens is 228 g/mol. The Morgan fingerprint density at radius 1 is 0.944 bits per heavy atom. The van der Waals surface area contributed by atoms with Gasteiger partial charge in [0, 0.05) is 0 Å². The third-order valence-electron chi connectivity index (χ3n) is 3.40. The van der Waals surface area contributed by atoms with E-state index in [9.17, 15) is 0 Å².